The van der Waals surface area contributed by atoms with E-state index in [1.807, 2.05) is 0 Å². The number of halogens is 1. The molecule has 5 nitrogen and oxygen atoms in total. The van der Waals surface area contributed by atoms with Gasteiger partial charge in [0.25, 0.3) is 0 Å². The van der Waals surface area contributed by atoms with Gasteiger partial charge in [-0.2, -0.15) is 11.8 Å². The Morgan fingerprint density at radius 3 is 2.95 bits per heavy atom. The number of hydrogen-bond acceptors (Lipinski definition) is 5. The number of carbonyl (C=O) groups excluding carboxylic acids is 2. The van der Waals surface area contributed by atoms with Gasteiger partial charge in [-0.3, -0.25) is 4.79 Å². The van der Waals surface area contributed by atoms with Crippen LogP contribution in [0.25, 0.3) is 0 Å². The molecule has 1 atom stereocenters. The normalized spacial score (nSPS) is 18.4. The van der Waals surface area contributed by atoms with Gasteiger partial charge in [-0.1, -0.05) is 11.6 Å². The molecular weight excluding hydrogens is 300 g/mol. The Morgan fingerprint density at radius 2 is 2.30 bits per heavy atom. The largest absolute Gasteiger partial charge is 0.465 e. The Balaban J connectivity index is 2.16. The lowest BCUT2D eigenvalue weighted by Crippen LogP contribution is -2.46. The minimum atomic E-state index is -0.511. The molecule has 2 rings (SSSR count). The van der Waals surface area contributed by atoms with Crippen molar-refractivity contribution >= 4 is 40.9 Å². The van der Waals surface area contributed by atoms with E-state index < -0.39 is 5.97 Å². The molecule has 0 radical (unpaired) electrons. The summed E-state index contributed by atoms with van der Waals surface area (Å²) >= 11 is 7.63. The van der Waals surface area contributed by atoms with E-state index in [2.05, 4.69) is 10.6 Å². The van der Waals surface area contributed by atoms with Gasteiger partial charge in [0.05, 0.1) is 24.4 Å². The highest BCUT2D eigenvalue weighted by Crippen LogP contribution is 2.22. The van der Waals surface area contributed by atoms with E-state index in [1.54, 1.807) is 23.9 Å². The number of nitrogens with one attached hydrogen (secondary N) is 2. The quantitative estimate of drug-likeness (QED) is 0.832. The number of ether oxygens (including phenoxy) is 1. The van der Waals surface area contributed by atoms with Crippen molar-refractivity contribution in [3.63, 3.8) is 0 Å². The van der Waals surface area contributed by atoms with Gasteiger partial charge in [0.1, 0.15) is 0 Å². The average molecular weight is 315 g/mol. The molecule has 0 saturated carbocycles. The second-order valence-corrected chi connectivity index (χ2v) is 5.84. The Morgan fingerprint density at radius 1 is 1.50 bits per heavy atom. The van der Waals surface area contributed by atoms with Crippen LogP contribution in [0.3, 0.4) is 0 Å². The van der Waals surface area contributed by atoms with Gasteiger partial charge < -0.3 is 15.4 Å². The monoisotopic (exact) mass is 314 g/mol. The number of esters is 1. The highest BCUT2D eigenvalue weighted by atomic mass is 35.5. The summed E-state index contributed by atoms with van der Waals surface area (Å²) in [6.45, 7) is 0.794. The van der Waals surface area contributed by atoms with Crippen LogP contribution in [0.5, 0.6) is 0 Å². The van der Waals surface area contributed by atoms with Crippen molar-refractivity contribution in [2.24, 2.45) is 0 Å². The lowest BCUT2D eigenvalue weighted by atomic mass is 10.1. The molecule has 1 aromatic carbocycles. The van der Waals surface area contributed by atoms with Crippen LogP contribution in [0, 0.1) is 0 Å². The van der Waals surface area contributed by atoms with Gasteiger partial charge in [-0.25, -0.2) is 4.79 Å². The lowest BCUT2D eigenvalue weighted by molar-refractivity contribution is -0.117. The van der Waals surface area contributed by atoms with Crippen LogP contribution in [-0.4, -0.2) is 43.1 Å². The van der Waals surface area contributed by atoms with Gasteiger partial charge in [-0.05, 0) is 18.2 Å². The summed E-state index contributed by atoms with van der Waals surface area (Å²) in [6, 6.07) is 4.39. The van der Waals surface area contributed by atoms with Crippen LogP contribution in [0.2, 0.25) is 5.02 Å². The summed E-state index contributed by atoms with van der Waals surface area (Å²) in [5, 5.41) is 6.31. The van der Waals surface area contributed by atoms with Crippen molar-refractivity contribution in [1.29, 1.82) is 0 Å². The minimum absolute atomic E-state index is 0.176. The number of benzene rings is 1. The molecule has 20 heavy (non-hydrogen) atoms. The Bertz CT molecular complexity index is 518. The molecular formula is C13H15ClN2O3S. The SMILES string of the molecule is COC(=O)c1ccc(Cl)cc1NC(=O)C1CSCCN1. The van der Waals surface area contributed by atoms with Gasteiger partial charge in [0.2, 0.25) is 5.91 Å². The summed E-state index contributed by atoms with van der Waals surface area (Å²) in [7, 11) is 1.29. The number of amides is 1. The van der Waals surface area contributed by atoms with Gasteiger partial charge in [0.15, 0.2) is 0 Å². The summed E-state index contributed by atoms with van der Waals surface area (Å²) in [5.41, 5.74) is 0.653. The first kappa shape index (κ1) is 15.2. The number of rotatable bonds is 3. The molecule has 1 aliphatic rings. The van der Waals surface area contributed by atoms with Gasteiger partial charge in [0, 0.05) is 23.1 Å². The van der Waals surface area contributed by atoms with Crippen molar-refractivity contribution in [3.8, 4) is 0 Å². The fourth-order valence-electron chi connectivity index (χ4n) is 1.86. The minimum Gasteiger partial charge on any atom is -0.465 e. The Hall–Kier alpha value is -1.24. The first-order valence-electron chi connectivity index (χ1n) is 6.11. The maximum absolute atomic E-state index is 12.2. The maximum atomic E-state index is 12.2. The van der Waals surface area contributed by atoms with Gasteiger partial charge in [-0.15, -0.1) is 0 Å². The standard InChI is InChI=1S/C13H15ClN2O3S/c1-19-13(18)9-3-2-8(14)6-10(9)16-12(17)11-7-20-5-4-15-11/h2-3,6,11,15H,4-5,7H2,1H3,(H,16,17). The zero-order valence-corrected chi connectivity index (χ0v) is 12.5. The van der Waals surface area contributed by atoms with Crippen LogP contribution in [0.4, 0.5) is 5.69 Å². The highest BCUT2D eigenvalue weighted by molar-refractivity contribution is 7.99. The zero-order valence-electron chi connectivity index (χ0n) is 10.9. The number of methoxy groups -OCH3 is 1. The summed E-state index contributed by atoms with van der Waals surface area (Å²) in [5.74, 6) is 1.02. The molecule has 0 bridgehead atoms. The van der Waals surface area contributed by atoms with E-state index >= 15 is 0 Å². The van der Waals surface area contributed by atoms with Crippen molar-refractivity contribution in [2.75, 3.05) is 30.5 Å². The molecule has 1 aliphatic heterocycles. The van der Waals surface area contributed by atoms with Crippen LogP contribution < -0.4 is 10.6 Å². The molecule has 108 valence electrons. The topological polar surface area (TPSA) is 67.4 Å². The molecule has 1 saturated heterocycles. The molecule has 1 fully saturated rings. The number of hydrogen-bond donors (Lipinski definition) is 2. The third-order valence-electron chi connectivity index (χ3n) is 2.88. The van der Waals surface area contributed by atoms with Crippen molar-refractivity contribution in [1.82, 2.24) is 5.32 Å². The smallest absolute Gasteiger partial charge is 0.339 e. The van der Waals surface area contributed by atoms with Crippen molar-refractivity contribution in [2.45, 2.75) is 6.04 Å². The number of thioether (sulfide) groups is 1. The van der Waals surface area contributed by atoms with Crippen LogP contribution in [-0.2, 0) is 9.53 Å². The fraction of sp³-hybridized carbons (Fsp3) is 0.385. The van der Waals surface area contributed by atoms with E-state index in [4.69, 9.17) is 16.3 Å². The van der Waals surface area contributed by atoms with E-state index in [-0.39, 0.29) is 17.5 Å². The Labute approximate surface area is 126 Å². The zero-order chi connectivity index (χ0) is 14.5. The van der Waals surface area contributed by atoms with E-state index in [9.17, 15) is 9.59 Å². The molecule has 2 N–H and O–H groups in total. The number of carbonyl (C=O) groups is 2. The molecule has 0 aliphatic carbocycles. The average Bonchev–Trinajstić information content (AvgIpc) is 2.47. The fourth-order valence-corrected chi connectivity index (χ4v) is 2.97. The molecule has 0 spiro atoms. The third kappa shape index (κ3) is 3.65. The van der Waals surface area contributed by atoms with Gasteiger partial charge >= 0.3 is 5.97 Å². The van der Waals surface area contributed by atoms with E-state index in [1.165, 1.54) is 13.2 Å². The van der Waals surface area contributed by atoms with Crippen molar-refractivity contribution in [3.05, 3.63) is 28.8 Å². The second kappa shape index (κ2) is 6.97. The van der Waals surface area contributed by atoms with E-state index in [0.29, 0.717) is 16.5 Å². The third-order valence-corrected chi connectivity index (χ3v) is 4.18. The van der Waals surface area contributed by atoms with Crippen molar-refractivity contribution < 1.29 is 14.3 Å². The predicted octanol–water partition coefficient (Wildman–Crippen LogP) is 1.77. The first-order valence-corrected chi connectivity index (χ1v) is 7.65. The molecule has 1 aromatic rings. The summed E-state index contributed by atoms with van der Waals surface area (Å²) in [6.07, 6.45) is 0. The van der Waals surface area contributed by atoms with Crippen LogP contribution >= 0.6 is 23.4 Å². The first-order chi connectivity index (χ1) is 9.61. The Kier molecular flexibility index (Phi) is 5.28. The molecule has 1 heterocycles. The van der Waals surface area contributed by atoms with E-state index in [0.717, 1.165) is 12.3 Å². The van der Waals surface area contributed by atoms with Crippen LogP contribution in [0.1, 0.15) is 10.4 Å². The highest BCUT2D eigenvalue weighted by Gasteiger charge is 2.23. The molecule has 1 amide bonds. The summed E-state index contributed by atoms with van der Waals surface area (Å²) in [4.78, 5) is 23.8. The number of anilines is 1. The summed E-state index contributed by atoms with van der Waals surface area (Å²) < 4.78 is 4.69. The maximum Gasteiger partial charge on any atom is 0.339 e. The molecule has 1 unspecified atom stereocenters. The predicted molar refractivity (Wildman–Crippen MR) is 80.5 cm³/mol. The second-order valence-electron chi connectivity index (χ2n) is 4.25. The molecule has 7 heteroatoms. The lowest BCUT2D eigenvalue weighted by Gasteiger charge is -2.22. The molecule has 0 aromatic heterocycles. The van der Waals surface area contributed by atoms with Crippen LogP contribution in [0.15, 0.2) is 18.2 Å².